The average molecular weight is 262 g/mol. The van der Waals surface area contributed by atoms with Crippen LogP contribution in [0.3, 0.4) is 0 Å². The van der Waals surface area contributed by atoms with E-state index in [2.05, 4.69) is 55.3 Å². The first-order chi connectivity index (χ1) is 8.65. The number of nitrogens with zero attached hydrogens (tertiary/aromatic N) is 1. The molecule has 1 heterocycles. The average Bonchev–Trinajstić information content (AvgIpc) is 2.70. The summed E-state index contributed by atoms with van der Waals surface area (Å²) in [6.07, 6.45) is 2.27. The van der Waals surface area contributed by atoms with E-state index in [9.17, 15) is 0 Å². The second kappa shape index (κ2) is 6.30. The van der Waals surface area contributed by atoms with Crippen molar-refractivity contribution in [1.29, 1.82) is 0 Å². The van der Waals surface area contributed by atoms with Crippen molar-refractivity contribution in [3.63, 3.8) is 0 Å². The maximum absolute atomic E-state index is 4.65. The number of nitrogens with one attached hydrogen (secondary N) is 1. The Hall–Kier alpha value is -0.930. The second-order valence-electron chi connectivity index (χ2n) is 5.31. The van der Waals surface area contributed by atoms with Crippen LogP contribution in [0.4, 0.5) is 0 Å². The van der Waals surface area contributed by atoms with Crippen LogP contribution in [0.1, 0.15) is 32.2 Å². The third-order valence-electron chi connectivity index (χ3n) is 2.99. The molecular weight excluding hydrogens is 240 g/mol. The van der Waals surface area contributed by atoms with Crippen molar-refractivity contribution in [2.24, 2.45) is 5.92 Å². The number of aromatic nitrogens is 1. The summed E-state index contributed by atoms with van der Waals surface area (Å²) >= 11 is 1.81. The molecule has 0 amide bonds. The van der Waals surface area contributed by atoms with Crippen LogP contribution in [0.5, 0.6) is 0 Å². The van der Waals surface area contributed by atoms with Gasteiger partial charge in [0.25, 0.3) is 0 Å². The molecule has 0 spiro atoms. The molecule has 1 aromatic carbocycles. The molecule has 1 unspecified atom stereocenters. The Labute approximate surface area is 113 Å². The number of benzene rings is 1. The fourth-order valence-electron chi connectivity index (χ4n) is 2.24. The van der Waals surface area contributed by atoms with Gasteiger partial charge in [-0.25, -0.2) is 4.98 Å². The van der Waals surface area contributed by atoms with Crippen molar-refractivity contribution in [3.8, 4) is 0 Å². The Morgan fingerprint density at radius 1 is 1.22 bits per heavy atom. The van der Waals surface area contributed by atoms with Crippen molar-refractivity contribution in [2.45, 2.75) is 39.7 Å². The number of fused-ring (bicyclic) bond motifs is 1. The highest BCUT2D eigenvalue weighted by Crippen LogP contribution is 2.21. The van der Waals surface area contributed by atoms with E-state index in [-0.39, 0.29) is 0 Å². The number of hydrogen-bond donors (Lipinski definition) is 1. The maximum Gasteiger partial charge on any atom is 0.0951 e. The first-order valence-corrected chi connectivity index (χ1v) is 7.54. The van der Waals surface area contributed by atoms with Crippen LogP contribution in [0.2, 0.25) is 0 Å². The third kappa shape index (κ3) is 3.79. The van der Waals surface area contributed by atoms with Gasteiger partial charge in [0.15, 0.2) is 0 Å². The van der Waals surface area contributed by atoms with Crippen LogP contribution in [0.15, 0.2) is 24.3 Å². The molecule has 1 atom stereocenters. The molecule has 0 saturated carbocycles. The quantitative estimate of drug-likeness (QED) is 0.855. The van der Waals surface area contributed by atoms with E-state index in [4.69, 9.17) is 0 Å². The van der Waals surface area contributed by atoms with E-state index in [0.29, 0.717) is 6.04 Å². The number of rotatable bonds is 6. The molecule has 1 N–H and O–H groups in total. The molecule has 0 bridgehead atoms. The van der Waals surface area contributed by atoms with Gasteiger partial charge in [0.1, 0.15) is 0 Å². The Balaban J connectivity index is 1.83. The lowest BCUT2D eigenvalue weighted by Crippen LogP contribution is -2.29. The molecule has 2 rings (SSSR count). The van der Waals surface area contributed by atoms with E-state index >= 15 is 0 Å². The largest absolute Gasteiger partial charge is 0.314 e. The van der Waals surface area contributed by atoms with Crippen LogP contribution >= 0.6 is 11.3 Å². The molecule has 18 heavy (non-hydrogen) atoms. The SMILES string of the molecule is CC(C)CC(C)NCCc1nc2ccccc2s1. The monoisotopic (exact) mass is 262 g/mol. The minimum Gasteiger partial charge on any atom is -0.314 e. The van der Waals surface area contributed by atoms with E-state index in [0.717, 1.165) is 24.4 Å². The van der Waals surface area contributed by atoms with Gasteiger partial charge in [0, 0.05) is 19.0 Å². The highest BCUT2D eigenvalue weighted by Gasteiger charge is 2.06. The summed E-state index contributed by atoms with van der Waals surface area (Å²) in [4.78, 5) is 4.65. The normalized spacial score (nSPS) is 13.3. The van der Waals surface area contributed by atoms with Gasteiger partial charge in [-0.1, -0.05) is 26.0 Å². The fourth-order valence-corrected chi connectivity index (χ4v) is 3.21. The Morgan fingerprint density at radius 2 is 2.00 bits per heavy atom. The van der Waals surface area contributed by atoms with Gasteiger partial charge in [0.05, 0.1) is 15.2 Å². The van der Waals surface area contributed by atoms with Crippen LogP contribution in [-0.2, 0) is 6.42 Å². The van der Waals surface area contributed by atoms with Gasteiger partial charge in [-0.15, -0.1) is 11.3 Å². The van der Waals surface area contributed by atoms with E-state index < -0.39 is 0 Å². The summed E-state index contributed by atoms with van der Waals surface area (Å²) in [6.45, 7) is 7.82. The second-order valence-corrected chi connectivity index (χ2v) is 6.43. The number of thiazole rings is 1. The lowest BCUT2D eigenvalue weighted by Gasteiger charge is -2.15. The van der Waals surface area contributed by atoms with E-state index in [1.54, 1.807) is 0 Å². The Morgan fingerprint density at radius 3 is 2.72 bits per heavy atom. The standard InChI is InChI=1S/C15H22N2S/c1-11(2)10-12(3)16-9-8-15-17-13-6-4-5-7-14(13)18-15/h4-7,11-12,16H,8-10H2,1-3H3. The summed E-state index contributed by atoms with van der Waals surface area (Å²) in [7, 11) is 0. The minimum atomic E-state index is 0.597. The van der Waals surface area contributed by atoms with Gasteiger partial charge >= 0.3 is 0 Å². The molecular formula is C15H22N2S. The summed E-state index contributed by atoms with van der Waals surface area (Å²) in [5.74, 6) is 0.759. The predicted molar refractivity (Wildman–Crippen MR) is 80.2 cm³/mol. The van der Waals surface area contributed by atoms with Gasteiger partial charge in [0.2, 0.25) is 0 Å². The molecule has 0 saturated heterocycles. The van der Waals surface area contributed by atoms with Crippen LogP contribution < -0.4 is 5.32 Å². The van der Waals surface area contributed by atoms with Crippen LogP contribution in [-0.4, -0.2) is 17.6 Å². The van der Waals surface area contributed by atoms with E-state index in [1.807, 2.05) is 11.3 Å². The van der Waals surface area contributed by atoms with Crippen molar-refractivity contribution in [2.75, 3.05) is 6.54 Å². The lowest BCUT2D eigenvalue weighted by molar-refractivity contribution is 0.444. The number of hydrogen-bond acceptors (Lipinski definition) is 3. The summed E-state index contributed by atoms with van der Waals surface area (Å²) < 4.78 is 1.29. The smallest absolute Gasteiger partial charge is 0.0951 e. The maximum atomic E-state index is 4.65. The van der Waals surface area contributed by atoms with Crippen LogP contribution in [0, 0.1) is 5.92 Å². The molecule has 3 heteroatoms. The van der Waals surface area contributed by atoms with E-state index in [1.165, 1.54) is 16.1 Å². The first kappa shape index (κ1) is 13.5. The van der Waals surface area contributed by atoms with Crippen molar-refractivity contribution >= 4 is 21.6 Å². The molecule has 2 aromatic rings. The summed E-state index contributed by atoms with van der Waals surface area (Å²) in [5, 5.41) is 4.81. The van der Waals surface area contributed by atoms with Crippen LogP contribution in [0.25, 0.3) is 10.2 Å². The molecule has 0 radical (unpaired) electrons. The highest BCUT2D eigenvalue weighted by atomic mass is 32.1. The lowest BCUT2D eigenvalue weighted by atomic mass is 10.1. The molecule has 0 aliphatic carbocycles. The van der Waals surface area contributed by atoms with Crippen molar-refractivity contribution in [1.82, 2.24) is 10.3 Å². The first-order valence-electron chi connectivity index (χ1n) is 6.73. The Kier molecular flexibility index (Phi) is 4.72. The van der Waals surface area contributed by atoms with Crippen molar-refractivity contribution in [3.05, 3.63) is 29.3 Å². The minimum absolute atomic E-state index is 0.597. The molecule has 0 aliphatic rings. The molecule has 1 aromatic heterocycles. The summed E-state index contributed by atoms with van der Waals surface area (Å²) in [5.41, 5.74) is 1.13. The molecule has 0 aliphatic heterocycles. The topological polar surface area (TPSA) is 24.9 Å². The zero-order chi connectivity index (χ0) is 13.0. The molecule has 98 valence electrons. The molecule has 2 nitrogen and oxygen atoms in total. The number of para-hydroxylation sites is 1. The third-order valence-corrected chi connectivity index (χ3v) is 4.09. The fraction of sp³-hybridized carbons (Fsp3) is 0.533. The van der Waals surface area contributed by atoms with Crippen molar-refractivity contribution < 1.29 is 0 Å². The Bertz CT molecular complexity index is 457. The zero-order valence-electron chi connectivity index (χ0n) is 11.4. The van der Waals surface area contributed by atoms with Gasteiger partial charge in [-0.2, -0.15) is 0 Å². The van der Waals surface area contributed by atoms with Gasteiger partial charge in [-0.3, -0.25) is 0 Å². The summed E-state index contributed by atoms with van der Waals surface area (Å²) in [6, 6.07) is 8.96. The predicted octanol–water partition coefficient (Wildman–Crippen LogP) is 3.86. The van der Waals surface area contributed by atoms with Gasteiger partial charge < -0.3 is 5.32 Å². The van der Waals surface area contributed by atoms with Gasteiger partial charge in [-0.05, 0) is 31.4 Å². The molecule has 0 fully saturated rings. The highest BCUT2D eigenvalue weighted by molar-refractivity contribution is 7.18. The zero-order valence-corrected chi connectivity index (χ0v) is 12.3.